The van der Waals surface area contributed by atoms with E-state index in [1.54, 1.807) is 0 Å². The average Bonchev–Trinajstić information content (AvgIpc) is 4.16. The molecule has 0 aliphatic carbocycles. The van der Waals surface area contributed by atoms with Crippen molar-refractivity contribution in [3.05, 3.63) is 332 Å². The number of para-hydroxylation sites is 5. The number of benzene rings is 12. The molecule has 0 saturated heterocycles. The molecule has 3 aromatic heterocycles. The fourth-order valence-electron chi connectivity index (χ4n) is 12.5. The van der Waals surface area contributed by atoms with Gasteiger partial charge in [0.25, 0.3) is 0 Å². The molecule has 0 N–H and O–H groups in total. The van der Waals surface area contributed by atoms with Gasteiger partial charge in [-0.2, -0.15) is 9.97 Å². The molecule has 15 rings (SSSR count). The highest BCUT2D eigenvalue weighted by molar-refractivity contribution is 6.10. The summed E-state index contributed by atoms with van der Waals surface area (Å²) in [5.41, 5.74) is 17.3. The first-order chi connectivity index (χ1) is 40.2. The monoisotopic (exact) mass is 1030 g/mol. The van der Waals surface area contributed by atoms with E-state index in [-0.39, 0.29) is 0 Å². The number of rotatable bonds is 11. The van der Waals surface area contributed by atoms with E-state index in [0.717, 1.165) is 105 Å². The van der Waals surface area contributed by atoms with Gasteiger partial charge in [-0.3, -0.25) is 4.57 Å². The third-order valence-electron chi connectivity index (χ3n) is 16.1. The first-order valence-corrected chi connectivity index (χ1v) is 27.6. The Morgan fingerprint density at radius 2 is 0.556 bits per heavy atom. The lowest BCUT2D eigenvalue weighted by atomic mass is 9.64. The molecule has 5 nitrogen and oxygen atoms in total. The molecule has 0 aliphatic heterocycles. The van der Waals surface area contributed by atoms with E-state index in [1.165, 1.54) is 10.8 Å². The van der Waals surface area contributed by atoms with Crippen molar-refractivity contribution in [1.29, 1.82) is 0 Å². The molecule has 0 fully saturated rings. The lowest BCUT2D eigenvalue weighted by Crippen LogP contribution is -2.31. The Kier molecular flexibility index (Phi) is 11.7. The van der Waals surface area contributed by atoms with Crippen LogP contribution in [0.4, 0.5) is 0 Å². The minimum atomic E-state index is -0.884. The summed E-state index contributed by atoms with van der Waals surface area (Å²) in [4.78, 5) is 16.8. The number of hydrogen-bond acceptors (Lipinski definition) is 3. The number of aromatic nitrogens is 5. The fraction of sp³-hybridized carbons (Fsp3) is 0.0132. The molecule has 0 radical (unpaired) electrons. The van der Waals surface area contributed by atoms with Gasteiger partial charge in [-0.25, -0.2) is 4.98 Å². The van der Waals surface area contributed by atoms with E-state index in [1.807, 2.05) is 0 Å². The van der Waals surface area contributed by atoms with Crippen molar-refractivity contribution in [2.75, 3.05) is 0 Å². The summed E-state index contributed by atoms with van der Waals surface area (Å²) in [5, 5.41) is 4.62. The molecule has 0 aliphatic rings. The van der Waals surface area contributed by atoms with Gasteiger partial charge in [-0.15, -0.1) is 0 Å². The van der Waals surface area contributed by atoms with Crippen molar-refractivity contribution < 1.29 is 0 Å². The van der Waals surface area contributed by atoms with Crippen molar-refractivity contribution in [3.8, 4) is 67.8 Å². The number of fused-ring (bicyclic) bond motifs is 6. The second-order valence-electron chi connectivity index (χ2n) is 20.7. The molecule has 5 heteroatoms. The quantitative estimate of drug-likeness (QED) is 0.121. The zero-order chi connectivity index (χ0) is 53.7. The highest BCUT2D eigenvalue weighted by Gasteiger charge is 2.40. The SMILES string of the molecule is c1ccc(-c2cccc(C(c3cccc(-c4ccccc4)c3)(c3cccc(-c4ccccc4)c3)c3cccc(-c4nc(-c5ccccc5-n5c6ccccc6c6ccccc65)nc(-n5c6ccccc6c6ccccc65)n4)c3)c2)cc1. The smallest absolute Gasteiger partial charge is 0.238 e. The van der Waals surface area contributed by atoms with E-state index in [2.05, 4.69) is 319 Å². The van der Waals surface area contributed by atoms with E-state index in [0.29, 0.717) is 17.6 Å². The first-order valence-electron chi connectivity index (χ1n) is 27.6. The van der Waals surface area contributed by atoms with Crippen LogP contribution in [0.1, 0.15) is 22.3 Å². The molecule has 15 aromatic rings. The summed E-state index contributed by atoms with van der Waals surface area (Å²) in [6.07, 6.45) is 0. The van der Waals surface area contributed by atoms with E-state index >= 15 is 0 Å². The van der Waals surface area contributed by atoms with Crippen LogP contribution in [-0.4, -0.2) is 24.1 Å². The van der Waals surface area contributed by atoms with Gasteiger partial charge in [0.1, 0.15) is 0 Å². The highest BCUT2D eigenvalue weighted by atomic mass is 15.2. The average molecular weight is 1030 g/mol. The predicted octanol–water partition coefficient (Wildman–Crippen LogP) is 18.8. The van der Waals surface area contributed by atoms with E-state index in [4.69, 9.17) is 15.0 Å². The zero-order valence-electron chi connectivity index (χ0n) is 44.2. The Morgan fingerprint density at radius 3 is 0.988 bits per heavy atom. The molecule has 0 bridgehead atoms. The van der Waals surface area contributed by atoms with Gasteiger partial charge in [0.2, 0.25) is 5.95 Å². The lowest BCUT2D eigenvalue weighted by Gasteiger charge is -2.38. The maximum Gasteiger partial charge on any atom is 0.238 e. The van der Waals surface area contributed by atoms with Crippen molar-refractivity contribution in [2.45, 2.75) is 5.41 Å². The van der Waals surface area contributed by atoms with Crippen LogP contribution in [0.5, 0.6) is 0 Å². The Balaban J connectivity index is 1.02. The molecule has 0 atom stereocenters. The largest absolute Gasteiger partial charge is 0.309 e. The lowest BCUT2D eigenvalue weighted by molar-refractivity contribution is 0.746. The Bertz CT molecular complexity index is 4520. The maximum atomic E-state index is 5.63. The summed E-state index contributed by atoms with van der Waals surface area (Å²) in [6, 6.07) is 111. The molecule has 81 heavy (non-hydrogen) atoms. The molecule has 0 spiro atoms. The van der Waals surface area contributed by atoms with Crippen molar-refractivity contribution >= 4 is 43.6 Å². The van der Waals surface area contributed by atoms with Crippen LogP contribution in [-0.2, 0) is 5.41 Å². The van der Waals surface area contributed by atoms with Crippen LogP contribution >= 0.6 is 0 Å². The highest BCUT2D eigenvalue weighted by Crippen LogP contribution is 2.49. The van der Waals surface area contributed by atoms with Gasteiger partial charge in [-0.05, 0) is 116 Å². The van der Waals surface area contributed by atoms with E-state index < -0.39 is 5.41 Å². The molecule has 12 aromatic carbocycles. The topological polar surface area (TPSA) is 48.5 Å². The van der Waals surface area contributed by atoms with Crippen LogP contribution < -0.4 is 0 Å². The molecular formula is C76H51N5. The third-order valence-corrected chi connectivity index (χ3v) is 16.1. The molecule has 3 heterocycles. The Labute approximate surface area is 470 Å². The van der Waals surface area contributed by atoms with Crippen LogP contribution in [0.2, 0.25) is 0 Å². The third kappa shape index (κ3) is 8.13. The molecule has 380 valence electrons. The van der Waals surface area contributed by atoms with Gasteiger partial charge in [0.15, 0.2) is 11.6 Å². The minimum absolute atomic E-state index is 0.530. The zero-order valence-corrected chi connectivity index (χ0v) is 44.2. The van der Waals surface area contributed by atoms with Gasteiger partial charge in [0, 0.05) is 32.7 Å². The Hall–Kier alpha value is -10.8. The van der Waals surface area contributed by atoms with Crippen molar-refractivity contribution in [2.24, 2.45) is 0 Å². The normalized spacial score (nSPS) is 11.7. The summed E-state index contributed by atoms with van der Waals surface area (Å²) >= 11 is 0. The van der Waals surface area contributed by atoms with Crippen LogP contribution in [0.25, 0.3) is 111 Å². The van der Waals surface area contributed by atoms with Crippen LogP contribution in [0.3, 0.4) is 0 Å². The number of hydrogen-bond donors (Lipinski definition) is 0. The predicted molar refractivity (Wildman–Crippen MR) is 334 cm³/mol. The first kappa shape index (κ1) is 47.5. The molecular weight excluding hydrogens is 983 g/mol. The standard InChI is InChI=1S/C76H51N5/c1-4-24-52(25-5-1)55-30-20-34-59(48-55)76(60-35-21-31-56(49-60)53-26-6-2-7-27-53,61-36-22-32-57(50-61)54-28-8-3-9-29-54)62-37-23-33-58(51-62)73-77-74(79-75(78-73)81-70-45-17-12-40-65(70)66-41-13-18-46-71(66)81)67-42-14-19-47-72(67)80-68-43-15-10-38-63(68)64-39-11-16-44-69(64)80/h1-51H. The fourth-order valence-corrected chi connectivity index (χ4v) is 12.5. The van der Waals surface area contributed by atoms with Crippen molar-refractivity contribution in [3.63, 3.8) is 0 Å². The summed E-state index contributed by atoms with van der Waals surface area (Å²) < 4.78 is 4.56. The van der Waals surface area contributed by atoms with Gasteiger partial charge < -0.3 is 4.57 Å². The van der Waals surface area contributed by atoms with Gasteiger partial charge in [0.05, 0.1) is 33.2 Å². The second kappa shape index (κ2) is 19.9. The van der Waals surface area contributed by atoms with Crippen LogP contribution in [0.15, 0.2) is 309 Å². The summed E-state index contributed by atoms with van der Waals surface area (Å²) in [7, 11) is 0. The van der Waals surface area contributed by atoms with E-state index in [9.17, 15) is 0 Å². The molecule has 0 amide bonds. The Morgan fingerprint density at radius 1 is 0.235 bits per heavy atom. The van der Waals surface area contributed by atoms with Gasteiger partial charge in [-0.1, -0.05) is 249 Å². The number of nitrogens with zero attached hydrogens (tertiary/aromatic N) is 5. The second-order valence-corrected chi connectivity index (χ2v) is 20.7. The van der Waals surface area contributed by atoms with Crippen LogP contribution in [0, 0.1) is 0 Å². The van der Waals surface area contributed by atoms with Gasteiger partial charge >= 0.3 is 0 Å². The minimum Gasteiger partial charge on any atom is -0.309 e. The molecule has 0 saturated carbocycles. The van der Waals surface area contributed by atoms with Crippen molar-refractivity contribution in [1.82, 2.24) is 24.1 Å². The maximum absolute atomic E-state index is 5.63. The molecule has 0 unspecified atom stereocenters. The summed E-state index contributed by atoms with van der Waals surface area (Å²) in [6.45, 7) is 0. The summed E-state index contributed by atoms with van der Waals surface area (Å²) in [5.74, 6) is 1.65.